The first kappa shape index (κ1) is 18.7. The van der Waals surface area contributed by atoms with Gasteiger partial charge < -0.3 is 25.2 Å². The molecular formula is C18H26N2O3S. The molecule has 6 heteroatoms. The summed E-state index contributed by atoms with van der Waals surface area (Å²) in [6, 6.07) is 10.1. The molecule has 132 valence electrons. The van der Waals surface area contributed by atoms with Crippen LogP contribution in [0.4, 0.5) is 0 Å². The van der Waals surface area contributed by atoms with Gasteiger partial charge in [0, 0.05) is 31.1 Å². The Bertz CT molecular complexity index is 588. The summed E-state index contributed by atoms with van der Waals surface area (Å²) in [7, 11) is 1.66. The standard InChI is InChI=1S/C18H26N2O3S/c1-14(21)11-19-7-8-20-12-15-5-6-17(18(10-15)22-2)23-13-16-4-3-9-24-16/h3-6,9-10,14,19-21H,7-8,11-13H2,1-2H3/t14-/m0/s1. The minimum Gasteiger partial charge on any atom is -0.493 e. The maximum atomic E-state index is 9.17. The highest BCUT2D eigenvalue weighted by atomic mass is 32.1. The third kappa shape index (κ3) is 6.49. The van der Waals surface area contributed by atoms with E-state index in [9.17, 15) is 0 Å². The molecule has 0 saturated carbocycles. The minimum atomic E-state index is -0.309. The van der Waals surface area contributed by atoms with Gasteiger partial charge in [-0.1, -0.05) is 12.1 Å². The van der Waals surface area contributed by atoms with Crippen molar-refractivity contribution >= 4 is 11.3 Å². The van der Waals surface area contributed by atoms with Crippen molar-refractivity contribution in [3.05, 3.63) is 46.2 Å². The van der Waals surface area contributed by atoms with Crippen molar-refractivity contribution in [2.45, 2.75) is 26.2 Å². The minimum absolute atomic E-state index is 0.309. The predicted octanol–water partition coefficient (Wildman–Crippen LogP) is 2.40. The second-order valence-corrected chi connectivity index (χ2v) is 6.62. The van der Waals surface area contributed by atoms with Gasteiger partial charge in [0.1, 0.15) is 6.61 Å². The molecule has 1 aromatic carbocycles. The van der Waals surface area contributed by atoms with Gasteiger partial charge >= 0.3 is 0 Å². The molecule has 0 spiro atoms. The number of hydrogen-bond acceptors (Lipinski definition) is 6. The highest BCUT2D eigenvalue weighted by Crippen LogP contribution is 2.29. The number of hydrogen-bond donors (Lipinski definition) is 3. The summed E-state index contributed by atoms with van der Waals surface area (Å²) in [5.41, 5.74) is 1.14. The normalized spacial score (nSPS) is 12.1. The Balaban J connectivity index is 1.77. The quantitative estimate of drug-likeness (QED) is 0.543. The Morgan fingerprint density at radius 2 is 2.00 bits per heavy atom. The van der Waals surface area contributed by atoms with Crippen molar-refractivity contribution in [3.8, 4) is 11.5 Å². The van der Waals surface area contributed by atoms with Crippen LogP contribution in [0.5, 0.6) is 11.5 Å². The molecule has 0 aliphatic rings. The number of nitrogens with one attached hydrogen (secondary N) is 2. The van der Waals surface area contributed by atoms with E-state index in [1.165, 1.54) is 4.88 Å². The van der Waals surface area contributed by atoms with Gasteiger partial charge in [0.05, 0.1) is 13.2 Å². The number of aliphatic hydroxyl groups is 1. The molecule has 0 bridgehead atoms. The largest absolute Gasteiger partial charge is 0.493 e. The molecule has 1 heterocycles. The van der Waals surface area contributed by atoms with Gasteiger partial charge in [-0.25, -0.2) is 0 Å². The zero-order chi connectivity index (χ0) is 17.2. The van der Waals surface area contributed by atoms with E-state index in [4.69, 9.17) is 14.6 Å². The van der Waals surface area contributed by atoms with E-state index in [0.29, 0.717) is 13.2 Å². The zero-order valence-electron chi connectivity index (χ0n) is 14.2. The van der Waals surface area contributed by atoms with E-state index in [0.717, 1.165) is 36.7 Å². The number of benzene rings is 1. The van der Waals surface area contributed by atoms with Gasteiger partial charge in [0.2, 0.25) is 0 Å². The summed E-state index contributed by atoms with van der Waals surface area (Å²) in [5, 5.41) is 17.7. The molecule has 0 unspecified atom stereocenters. The Kier molecular flexibility index (Phi) is 8.04. The van der Waals surface area contributed by atoms with Crippen LogP contribution in [0.3, 0.4) is 0 Å². The fourth-order valence-electron chi connectivity index (χ4n) is 2.21. The van der Waals surface area contributed by atoms with Gasteiger partial charge in [-0.05, 0) is 36.1 Å². The Hall–Kier alpha value is -1.60. The molecule has 24 heavy (non-hydrogen) atoms. The molecule has 1 aromatic heterocycles. The van der Waals surface area contributed by atoms with Crippen LogP contribution < -0.4 is 20.1 Å². The highest BCUT2D eigenvalue weighted by molar-refractivity contribution is 7.09. The summed E-state index contributed by atoms with van der Waals surface area (Å²) < 4.78 is 11.3. The van der Waals surface area contributed by atoms with Crippen molar-refractivity contribution in [3.63, 3.8) is 0 Å². The predicted molar refractivity (Wildman–Crippen MR) is 97.9 cm³/mol. The van der Waals surface area contributed by atoms with Crippen LogP contribution in [-0.4, -0.2) is 38.0 Å². The average Bonchev–Trinajstić information content (AvgIpc) is 3.09. The number of rotatable bonds is 11. The molecule has 0 aliphatic heterocycles. The van der Waals surface area contributed by atoms with Crippen molar-refractivity contribution < 1.29 is 14.6 Å². The molecule has 5 nitrogen and oxygen atoms in total. The number of thiophene rings is 1. The number of methoxy groups -OCH3 is 1. The SMILES string of the molecule is COc1cc(CNCCNC[C@H](C)O)ccc1OCc1cccs1. The van der Waals surface area contributed by atoms with E-state index in [-0.39, 0.29) is 6.10 Å². The van der Waals surface area contributed by atoms with Crippen molar-refractivity contribution in [1.82, 2.24) is 10.6 Å². The van der Waals surface area contributed by atoms with Crippen molar-refractivity contribution in [1.29, 1.82) is 0 Å². The van der Waals surface area contributed by atoms with Gasteiger partial charge in [-0.15, -0.1) is 11.3 Å². The molecule has 0 amide bonds. The first-order chi connectivity index (χ1) is 11.7. The summed E-state index contributed by atoms with van der Waals surface area (Å²) in [5.74, 6) is 1.51. The lowest BCUT2D eigenvalue weighted by molar-refractivity contribution is 0.191. The van der Waals surface area contributed by atoms with Crippen LogP contribution in [-0.2, 0) is 13.2 Å². The maximum absolute atomic E-state index is 9.17. The highest BCUT2D eigenvalue weighted by Gasteiger charge is 2.06. The van der Waals surface area contributed by atoms with Crippen LogP contribution >= 0.6 is 11.3 Å². The fraction of sp³-hybridized carbons (Fsp3) is 0.444. The molecule has 0 fully saturated rings. The van der Waals surface area contributed by atoms with Gasteiger partial charge in [0.25, 0.3) is 0 Å². The lowest BCUT2D eigenvalue weighted by Gasteiger charge is -2.12. The molecule has 2 aromatic rings. The van der Waals surface area contributed by atoms with Crippen molar-refractivity contribution in [2.75, 3.05) is 26.7 Å². The smallest absolute Gasteiger partial charge is 0.161 e. The second-order valence-electron chi connectivity index (χ2n) is 5.58. The third-order valence-electron chi connectivity index (χ3n) is 3.43. The van der Waals surface area contributed by atoms with Crippen LogP contribution in [0.15, 0.2) is 35.7 Å². The Morgan fingerprint density at radius 1 is 1.17 bits per heavy atom. The molecular weight excluding hydrogens is 324 g/mol. The van der Waals surface area contributed by atoms with E-state index in [1.807, 2.05) is 29.6 Å². The Morgan fingerprint density at radius 3 is 2.71 bits per heavy atom. The van der Waals surface area contributed by atoms with Gasteiger partial charge in [-0.3, -0.25) is 0 Å². The Labute approximate surface area is 147 Å². The molecule has 0 saturated heterocycles. The van der Waals surface area contributed by atoms with Gasteiger partial charge in [0.15, 0.2) is 11.5 Å². The molecule has 0 aliphatic carbocycles. The van der Waals surface area contributed by atoms with Crippen molar-refractivity contribution in [2.24, 2.45) is 0 Å². The number of ether oxygens (including phenoxy) is 2. The van der Waals surface area contributed by atoms with Gasteiger partial charge in [-0.2, -0.15) is 0 Å². The van der Waals surface area contributed by atoms with Crippen LogP contribution in [0, 0.1) is 0 Å². The lowest BCUT2D eigenvalue weighted by atomic mass is 10.2. The fourth-order valence-corrected chi connectivity index (χ4v) is 2.82. The third-order valence-corrected chi connectivity index (χ3v) is 4.28. The first-order valence-electron chi connectivity index (χ1n) is 8.10. The molecule has 2 rings (SSSR count). The summed E-state index contributed by atoms with van der Waals surface area (Å²) in [6.07, 6.45) is -0.309. The monoisotopic (exact) mass is 350 g/mol. The first-order valence-corrected chi connectivity index (χ1v) is 8.98. The molecule has 0 radical (unpaired) electrons. The average molecular weight is 350 g/mol. The molecule has 1 atom stereocenters. The zero-order valence-corrected chi connectivity index (χ0v) is 15.1. The van der Waals surface area contributed by atoms with Crippen LogP contribution in [0.2, 0.25) is 0 Å². The van der Waals surface area contributed by atoms with Crippen LogP contribution in [0.25, 0.3) is 0 Å². The van der Waals surface area contributed by atoms with E-state index in [1.54, 1.807) is 25.4 Å². The second kappa shape index (κ2) is 10.3. The maximum Gasteiger partial charge on any atom is 0.161 e. The van der Waals surface area contributed by atoms with E-state index >= 15 is 0 Å². The number of aliphatic hydroxyl groups excluding tert-OH is 1. The summed E-state index contributed by atoms with van der Waals surface area (Å²) in [6.45, 7) is 5.37. The lowest BCUT2D eigenvalue weighted by Crippen LogP contribution is -2.31. The van der Waals surface area contributed by atoms with Crippen LogP contribution in [0.1, 0.15) is 17.4 Å². The summed E-state index contributed by atoms with van der Waals surface area (Å²) in [4.78, 5) is 1.19. The van der Waals surface area contributed by atoms with E-state index < -0.39 is 0 Å². The summed E-state index contributed by atoms with van der Waals surface area (Å²) >= 11 is 1.68. The topological polar surface area (TPSA) is 62.8 Å². The van der Waals surface area contributed by atoms with E-state index in [2.05, 4.69) is 16.7 Å². The molecule has 3 N–H and O–H groups in total.